The van der Waals surface area contributed by atoms with Crippen molar-refractivity contribution < 1.29 is 4.39 Å². The Labute approximate surface area is 189 Å². The van der Waals surface area contributed by atoms with Crippen molar-refractivity contribution in [1.29, 1.82) is 0 Å². The van der Waals surface area contributed by atoms with Crippen molar-refractivity contribution in [3.05, 3.63) is 89.2 Å². The lowest BCUT2D eigenvalue weighted by atomic mass is 9.65. The Morgan fingerprint density at radius 1 is 0.812 bits per heavy atom. The van der Waals surface area contributed by atoms with Crippen LogP contribution in [-0.2, 0) is 11.8 Å². The molecule has 0 bridgehead atoms. The second kappa shape index (κ2) is 7.33. The molecule has 4 aromatic rings. The van der Waals surface area contributed by atoms with Gasteiger partial charge in [0.1, 0.15) is 5.82 Å². The molecule has 2 aliphatic rings. The molecular formula is C30H30FN. The first-order valence-corrected chi connectivity index (χ1v) is 12.0. The highest BCUT2D eigenvalue weighted by Crippen LogP contribution is 2.48. The first-order chi connectivity index (χ1) is 15.5. The predicted molar refractivity (Wildman–Crippen MR) is 133 cm³/mol. The molecule has 1 fully saturated rings. The van der Waals surface area contributed by atoms with Gasteiger partial charge in [0, 0.05) is 24.2 Å². The number of fused-ring (bicyclic) bond motifs is 5. The van der Waals surface area contributed by atoms with Crippen LogP contribution in [0, 0.1) is 5.82 Å². The van der Waals surface area contributed by atoms with Gasteiger partial charge < -0.3 is 4.90 Å². The van der Waals surface area contributed by atoms with Gasteiger partial charge in [0.2, 0.25) is 0 Å². The molecule has 162 valence electrons. The van der Waals surface area contributed by atoms with E-state index in [1.807, 2.05) is 18.2 Å². The highest BCUT2D eigenvalue weighted by Gasteiger charge is 2.35. The number of benzene rings is 4. The summed E-state index contributed by atoms with van der Waals surface area (Å²) in [6.07, 6.45) is 4.70. The van der Waals surface area contributed by atoms with Crippen LogP contribution in [0.1, 0.15) is 55.7 Å². The molecule has 6 rings (SSSR count). The van der Waals surface area contributed by atoms with E-state index in [9.17, 15) is 0 Å². The smallest absolute Gasteiger partial charge is 0.131 e. The summed E-state index contributed by atoms with van der Waals surface area (Å²) in [4.78, 5) is 2.52. The van der Waals surface area contributed by atoms with Crippen LogP contribution in [0.15, 0.2) is 66.7 Å². The Kier molecular flexibility index (Phi) is 4.54. The summed E-state index contributed by atoms with van der Waals surface area (Å²) in [6.45, 7) is 7.03. The minimum absolute atomic E-state index is 0.0176. The average molecular weight is 424 g/mol. The average Bonchev–Trinajstić information content (AvgIpc) is 3.33. The summed E-state index contributed by atoms with van der Waals surface area (Å²) in [5, 5.41) is 3.99. The van der Waals surface area contributed by atoms with Crippen LogP contribution in [0.3, 0.4) is 0 Å². The maximum Gasteiger partial charge on any atom is 0.131 e. The molecular weight excluding hydrogens is 393 g/mol. The van der Waals surface area contributed by atoms with Gasteiger partial charge >= 0.3 is 0 Å². The quantitative estimate of drug-likeness (QED) is 0.298. The Hall–Kier alpha value is -2.87. The Balaban J connectivity index is 1.46. The fraction of sp³-hybridized carbons (Fsp3) is 0.333. The fourth-order valence-electron chi connectivity index (χ4n) is 6.39. The van der Waals surface area contributed by atoms with Crippen LogP contribution < -0.4 is 4.90 Å². The van der Waals surface area contributed by atoms with Gasteiger partial charge in [-0.25, -0.2) is 4.39 Å². The molecule has 1 aliphatic heterocycles. The lowest BCUT2D eigenvalue weighted by molar-refractivity contribution is 0.395. The zero-order valence-corrected chi connectivity index (χ0v) is 19.0. The standard InChI is InChI=1S/C30H30FN/c1-30(2)19-22(20-8-7-9-23(17-20)32-14-5-6-15-32)16-21-12-13-25-24-10-3-4-11-26(24)28(31)18-27(25)29(21)30/h3-4,7-13,17-18,22H,5-6,14-16,19H2,1-2H3. The Morgan fingerprint density at radius 2 is 1.56 bits per heavy atom. The maximum atomic E-state index is 15.1. The molecule has 1 heterocycles. The highest BCUT2D eigenvalue weighted by molar-refractivity contribution is 6.09. The van der Waals surface area contributed by atoms with Crippen LogP contribution in [0.4, 0.5) is 10.1 Å². The van der Waals surface area contributed by atoms with E-state index in [2.05, 4.69) is 61.2 Å². The van der Waals surface area contributed by atoms with Gasteiger partial charge in [-0.3, -0.25) is 0 Å². The SMILES string of the molecule is CC1(C)CC(c2cccc(N3CCCC3)c2)Cc2ccc3c(cc(F)c4ccccc43)c21. The lowest BCUT2D eigenvalue weighted by Crippen LogP contribution is -2.29. The van der Waals surface area contributed by atoms with Gasteiger partial charge in [0.25, 0.3) is 0 Å². The molecule has 4 aromatic carbocycles. The zero-order valence-electron chi connectivity index (χ0n) is 19.0. The summed E-state index contributed by atoms with van der Waals surface area (Å²) in [6, 6.07) is 23.4. The Bertz CT molecular complexity index is 1330. The molecule has 1 nitrogen and oxygen atoms in total. The largest absolute Gasteiger partial charge is 0.372 e. The van der Waals surface area contributed by atoms with E-state index >= 15 is 4.39 Å². The fourth-order valence-corrected chi connectivity index (χ4v) is 6.39. The second-order valence-corrected chi connectivity index (χ2v) is 10.4. The van der Waals surface area contributed by atoms with Gasteiger partial charge in [-0.15, -0.1) is 0 Å². The summed E-state index contributed by atoms with van der Waals surface area (Å²) in [5.41, 5.74) is 5.51. The van der Waals surface area contributed by atoms with Gasteiger partial charge in [0.05, 0.1) is 0 Å². The molecule has 0 N–H and O–H groups in total. The second-order valence-electron chi connectivity index (χ2n) is 10.4. The molecule has 0 amide bonds. The maximum absolute atomic E-state index is 15.1. The van der Waals surface area contributed by atoms with Crippen molar-refractivity contribution in [2.75, 3.05) is 18.0 Å². The van der Waals surface area contributed by atoms with Gasteiger partial charge in [-0.2, -0.15) is 0 Å². The van der Waals surface area contributed by atoms with Gasteiger partial charge in [-0.1, -0.05) is 62.4 Å². The molecule has 1 unspecified atom stereocenters. The monoisotopic (exact) mass is 423 g/mol. The molecule has 0 aromatic heterocycles. The van der Waals surface area contributed by atoms with E-state index in [1.54, 1.807) is 6.07 Å². The molecule has 0 spiro atoms. The molecule has 0 saturated carbocycles. The minimum atomic E-state index is -0.113. The number of hydrogen-bond acceptors (Lipinski definition) is 1. The molecule has 1 aliphatic carbocycles. The van der Waals surface area contributed by atoms with Crippen LogP contribution in [0.5, 0.6) is 0 Å². The molecule has 1 atom stereocenters. The van der Waals surface area contributed by atoms with Crippen LogP contribution in [-0.4, -0.2) is 13.1 Å². The van der Waals surface area contributed by atoms with Crippen LogP contribution in [0.2, 0.25) is 0 Å². The first kappa shape index (κ1) is 19.8. The van der Waals surface area contributed by atoms with Crippen molar-refractivity contribution >= 4 is 27.2 Å². The van der Waals surface area contributed by atoms with E-state index in [4.69, 9.17) is 0 Å². The highest BCUT2D eigenvalue weighted by atomic mass is 19.1. The van der Waals surface area contributed by atoms with E-state index in [1.165, 1.54) is 53.7 Å². The Morgan fingerprint density at radius 3 is 2.38 bits per heavy atom. The van der Waals surface area contributed by atoms with Gasteiger partial charge in [-0.05, 0) is 88.1 Å². The molecule has 1 saturated heterocycles. The van der Waals surface area contributed by atoms with Crippen molar-refractivity contribution in [2.24, 2.45) is 0 Å². The molecule has 0 radical (unpaired) electrons. The number of nitrogens with zero attached hydrogens (tertiary/aromatic N) is 1. The number of hydrogen-bond donors (Lipinski definition) is 0. The lowest BCUT2D eigenvalue weighted by Gasteiger charge is -2.39. The molecule has 32 heavy (non-hydrogen) atoms. The molecule has 2 heteroatoms. The number of rotatable bonds is 2. The zero-order chi connectivity index (χ0) is 21.9. The summed E-state index contributed by atoms with van der Waals surface area (Å²) >= 11 is 0. The number of anilines is 1. The third kappa shape index (κ3) is 3.11. The predicted octanol–water partition coefficient (Wildman–Crippen LogP) is 7.74. The summed E-state index contributed by atoms with van der Waals surface area (Å²) in [5.74, 6) is 0.376. The van der Waals surface area contributed by atoms with E-state index in [0.29, 0.717) is 11.3 Å². The summed E-state index contributed by atoms with van der Waals surface area (Å²) < 4.78 is 15.1. The normalized spacial score (nSPS) is 20.1. The third-order valence-corrected chi connectivity index (χ3v) is 7.79. The van der Waals surface area contributed by atoms with Crippen molar-refractivity contribution in [1.82, 2.24) is 0 Å². The van der Waals surface area contributed by atoms with Crippen molar-refractivity contribution in [3.63, 3.8) is 0 Å². The van der Waals surface area contributed by atoms with Crippen LogP contribution in [0.25, 0.3) is 21.5 Å². The third-order valence-electron chi connectivity index (χ3n) is 7.79. The topological polar surface area (TPSA) is 3.24 Å². The van der Waals surface area contributed by atoms with E-state index in [-0.39, 0.29) is 11.2 Å². The van der Waals surface area contributed by atoms with Gasteiger partial charge in [0.15, 0.2) is 0 Å². The minimum Gasteiger partial charge on any atom is -0.372 e. The van der Waals surface area contributed by atoms with E-state index in [0.717, 1.165) is 23.6 Å². The van der Waals surface area contributed by atoms with Crippen molar-refractivity contribution in [3.8, 4) is 0 Å². The first-order valence-electron chi connectivity index (χ1n) is 12.0. The van der Waals surface area contributed by atoms with E-state index < -0.39 is 0 Å². The summed E-state index contributed by atoms with van der Waals surface area (Å²) in [7, 11) is 0. The van der Waals surface area contributed by atoms with Crippen LogP contribution >= 0.6 is 0 Å². The van der Waals surface area contributed by atoms with Crippen molar-refractivity contribution in [2.45, 2.75) is 50.9 Å². The number of halogens is 1.